The maximum atomic E-state index is 12.5. The highest BCUT2D eigenvalue weighted by molar-refractivity contribution is 5.84. The Bertz CT molecular complexity index is 558. The number of hydrogen-bond donors (Lipinski definition) is 2. The largest absolute Gasteiger partial charge is 0.467 e. The van der Waals surface area contributed by atoms with Crippen LogP contribution in [-0.2, 0) is 11.3 Å². The molecule has 2 aliphatic rings. The molecule has 1 aromatic rings. The van der Waals surface area contributed by atoms with Crippen molar-refractivity contribution in [1.29, 1.82) is 0 Å². The van der Waals surface area contributed by atoms with Crippen molar-refractivity contribution in [3.63, 3.8) is 0 Å². The smallest absolute Gasteiger partial charge is 0.315 e. The first-order valence-corrected chi connectivity index (χ1v) is 8.97. The highest BCUT2D eigenvalue weighted by atomic mass is 16.3. The Morgan fingerprint density at radius 2 is 2.17 bits per heavy atom. The second-order valence-corrected chi connectivity index (χ2v) is 7.09. The summed E-state index contributed by atoms with van der Waals surface area (Å²) in [5.41, 5.74) is 0. The summed E-state index contributed by atoms with van der Waals surface area (Å²) < 4.78 is 5.15. The molecule has 0 spiro atoms. The first kappa shape index (κ1) is 16.9. The quantitative estimate of drug-likeness (QED) is 0.889. The van der Waals surface area contributed by atoms with E-state index in [1.807, 2.05) is 4.90 Å². The van der Waals surface area contributed by atoms with Crippen molar-refractivity contribution in [3.8, 4) is 0 Å². The standard InChI is InChI=1S/C18H27N3O3/c1-13-6-7-16-14(10-13)4-2-8-21(16)17(22)12-20-18(23)19-11-15-5-3-9-24-15/h3,5,9,13-14,16H,2,4,6-8,10-12H2,1H3,(H2,19,20,23)/t13-,14-,16+/m1/s1. The molecule has 6 heteroatoms. The number of furan rings is 1. The van der Waals surface area contributed by atoms with Crippen LogP contribution in [-0.4, -0.2) is 36.0 Å². The molecular weight excluding hydrogens is 306 g/mol. The summed E-state index contributed by atoms with van der Waals surface area (Å²) in [5, 5.41) is 5.35. The minimum atomic E-state index is -0.342. The van der Waals surface area contributed by atoms with Gasteiger partial charge in [-0.1, -0.05) is 6.92 Å². The van der Waals surface area contributed by atoms with Gasteiger partial charge in [0.25, 0.3) is 0 Å². The summed E-state index contributed by atoms with van der Waals surface area (Å²) in [6, 6.07) is 3.60. The molecule has 24 heavy (non-hydrogen) atoms. The van der Waals surface area contributed by atoms with Gasteiger partial charge in [0.2, 0.25) is 5.91 Å². The summed E-state index contributed by atoms with van der Waals surface area (Å²) in [6.07, 6.45) is 7.40. The third-order valence-electron chi connectivity index (χ3n) is 5.30. The number of hydrogen-bond acceptors (Lipinski definition) is 3. The van der Waals surface area contributed by atoms with Gasteiger partial charge < -0.3 is 20.0 Å². The van der Waals surface area contributed by atoms with Crippen molar-refractivity contribution in [2.75, 3.05) is 13.1 Å². The number of piperidine rings is 1. The van der Waals surface area contributed by atoms with E-state index in [4.69, 9.17) is 4.42 Å². The van der Waals surface area contributed by atoms with Gasteiger partial charge in [0.05, 0.1) is 19.4 Å². The zero-order valence-corrected chi connectivity index (χ0v) is 14.3. The maximum Gasteiger partial charge on any atom is 0.315 e. The lowest BCUT2D eigenvalue weighted by atomic mass is 9.74. The topological polar surface area (TPSA) is 74.6 Å². The van der Waals surface area contributed by atoms with E-state index in [2.05, 4.69) is 17.6 Å². The van der Waals surface area contributed by atoms with Crippen molar-refractivity contribution in [2.45, 2.75) is 51.6 Å². The molecule has 0 radical (unpaired) electrons. The van der Waals surface area contributed by atoms with Gasteiger partial charge in [0.15, 0.2) is 0 Å². The number of urea groups is 1. The summed E-state index contributed by atoms with van der Waals surface area (Å²) >= 11 is 0. The van der Waals surface area contributed by atoms with Crippen LogP contribution in [0.15, 0.2) is 22.8 Å². The Morgan fingerprint density at radius 3 is 2.96 bits per heavy atom. The van der Waals surface area contributed by atoms with Crippen molar-refractivity contribution in [3.05, 3.63) is 24.2 Å². The van der Waals surface area contributed by atoms with Gasteiger partial charge in [-0.05, 0) is 56.1 Å². The number of carbonyl (C=O) groups is 2. The Hall–Kier alpha value is -1.98. The van der Waals surface area contributed by atoms with Crippen LogP contribution in [0, 0.1) is 11.8 Å². The minimum Gasteiger partial charge on any atom is -0.467 e. The normalized spacial score (nSPS) is 26.5. The molecule has 1 saturated heterocycles. The molecular formula is C18H27N3O3. The Labute approximate surface area is 143 Å². The van der Waals surface area contributed by atoms with Gasteiger partial charge in [0.1, 0.15) is 5.76 Å². The lowest BCUT2D eigenvalue weighted by molar-refractivity contribution is -0.136. The monoisotopic (exact) mass is 333 g/mol. The molecule has 2 heterocycles. The molecule has 0 unspecified atom stereocenters. The lowest BCUT2D eigenvalue weighted by Crippen LogP contribution is -2.53. The zero-order valence-electron chi connectivity index (χ0n) is 14.3. The van der Waals surface area contributed by atoms with Gasteiger partial charge in [0, 0.05) is 12.6 Å². The zero-order chi connectivity index (χ0) is 16.9. The summed E-state index contributed by atoms with van der Waals surface area (Å²) in [5.74, 6) is 2.13. The van der Waals surface area contributed by atoms with Crippen molar-refractivity contribution >= 4 is 11.9 Å². The van der Waals surface area contributed by atoms with Gasteiger partial charge in [-0.3, -0.25) is 4.79 Å². The minimum absolute atomic E-state index is 0.0346. The number of nitrogens with zero attached hydrogens (tertiary/aromatic N) is 1. The van der Waals surface area contributed by atoms with E-state index < -0.39 is 0 Å². The fraction of sp³-hybridized carbons (Fsp3) is 0.667. The van der Waals surface area contributed by atoms with Crippen LogP contribution in [0.4, 0.5) is 4.79 Å². The van der Waals surface area contributed by atoms with E-state index >= 15 is 0 Å². The number of fused-ring (bicyclic) bond motifs is 1. The third-order valence-corrected chi connectivity index (χ3v) is 5.30. The molecule has 3 rings (SSSR count). The van der Waals surface area contributed by atoms with E-state index in [9.17, 15) is 9.59 Å². The predicted molar refractivity (Wildman–Crippen MR) is 90.2 cm³/mol. The van der Waals surface area contributed by atoms with Crippen molar-refractivity contribution < 1.29 is 14.0 Å². The molecule has 2 fully saturated rings. The number of rotatable bonds is 4. The summed E-state index contributed by atoms with van der Waals surface area (Å²) in [7, 11) is 0. The number of carbonyl (C=O) groups excluding carboxylic acids is 2. The van der Waals surface area contributed by atoms with Crippen LogP contribution in [0.25, 0.3) is 0 Å². The van der Waals surface area contributed by atoms with Crippen LogP contribution in [0.5, 0.6) is 0 Å². The van der Waals surface area contributed by atoms with E-state index in [-0.39, 0.29) is 18.5 Å². The van der Waals surface area contributed by atoms with Crippen LogP contribution in [0.3, 0.4) is 0 Å². The number of amides is 3. The summed E-state index contributed by atoms with van der Waals surface area (Å²) in [4.78, 5) is 26.4. The molecule has 2 N–H and O–H groups in total. The molecule has 3 atom stereocenters. The maximum absolute atomic E-state index is 12.5. The van der Waals surface area contributed by atoms with Crippen LogP contribution in [0.1, 0.15) is 44.8 Å². The molecule has 0 aromatic carbocycles. The van der Waals surface area contributed by atoms with E-state index in [0.717, 1.165) is 25.3 Å². The molecule has 1 saturated carbocycles. The van der Waals surface area contributed by atoms with E-state index in [1.165, 1.54) is 19.3 Å². The second-order valence-electron chi connectivity index (χ2n) is 7.09. The Morgan fingerprint density at radius 1 is 1.29 bits per heavy atom. The highest BCUT2D eigenvalue weighted by Gasteiger charge is 2.37. The Balaban J connectivity index is 1.44. The van der Waals surface area contributed by atoms with Gasteiger partial charge >= 0.3 is 6.03 Å². The van der Waals surface area contributed by atoms with Gasteiger partial charge in [-0.15, -0.1) is 0 Å². The molecule has 132 valence electrons. The van der Waals surface area contributed by atoms with Gasteiger partial charge in [-0.2, -0.15) is 0 Å². The molecule has 1 aliphatic carbocycles. The predicted octanol–water partition coefficient (Wildman–Crippen LogP) is 2.51. The molecule has 1 aliphatic heterocycles. The van der Waals surface area contributed by atoms with Crippen LogP contribution >= 0.6 is 0 Å². The molecule has 6 nitrogen and oxygen atoms in total. The molecule has 1 aromatic heterocycles. The molecule has 3 amide bonds. The lowest BCUT2D eigenvalue weighted by Gasteiger charge is -2.45. The van der Waals surface area contributed by atoms with Gasteiger partial charge in [-0.25, -0.2) is 4.79 Å². The van der Waals surface area contributed by atoms with Crippen molar-refractivity contribution in [1.82, 2.24) is 15.5 Å². The number of likely N-dealkylation sites (tertiary alicyclic amines) is 1. The third kappa shape index (κ3) is 4.10. The summed E-state index contributed by atoms with van der Waals surface area (Å²) in [6.45, 7) is 3.51. The van der Waals surface area contributed by atoms with E-state index in [1.54, 1.807) is 18.4 Å². The number of nitrogens with one attached hydrogen (secondary N) is 2. The second kappa shape index (κ2) is 7.73. The van der Waals surface area contributed by atoms with Crippen LogP contribution in [0.2, 0.25) is 0 Å². The van der Waals surface area contributed by atoms with Crippen molar-refractivity contribution in [2.24, 2.45) is 11.8 Å². The fourth-order valence-electron chi connectivity index (χ4n) is 4.10. The van der Waals surface area contributed by atoms with E-state index in [0.29, 0.717) is 24.3 Å². The first-order valence-electron chi connectivity index (χ1n) is 8.97. The van der Waals surface area contributed by atoms with Crippen LogP contribution < -0.4 is 10.6 Å². The molecule has 0 bridgehead atoms. The first-order chi connectivity index (χ1) is 11.6. The average molecular weight is 333 g/mol. The fourth-order valence-corrected chi connectivity index (χ4v) is 4.10. The highest BCUT2D eigenvalue weighted by Crippen LogP contribution is 2.37. The Kier molecular flexibility index (Phi) is 5.43. The average Bonchev–Trinajstić information content (AvgIpc) is 3.10. The SMILES string of the molecule is C[C@@H]1CC[C@H]2[C@H](CCCN2C(=O)CNC(=O)NCc2ccco2)C1.